The lowest BCUT2D eigenvalue weighted by atomic mass is 10.4. The monoisotopic (exact) mass is 312 g/mol. The summed E-state index contributed by atoms with van der Waals surface area (Å²) < 4.78 is 34.7. The molecule has 0 saturated carbocycles. The Kier molecular flexibility index (Phi) is 4.81. The van der Waals surface area contributed by atoms with E-state index in [4.69, 9.17) is 4.42 Å². The van der Waals surface area contributed by atoms with Crippen LogP contribution in [0.5, 0.6) is 0 Å². The molecule has 0 aliphatic heterocycles. The van der Waals surface area contributed by atoms with Gasteiger partial charge in [0, 0.05) is 31.0 Å². The van der Waals surface area contributed by atoms with Gasteiger partial charge in [-0.25, -0.2) is 18.1 Å². The lowest BCUT2D eigenvalue weighted by Crippen LogP contribution is -2.35. The Labute approximate surface area is 124 Å². The molecule has 0 aliphatic carbocycles. The van der Waals surface area contributed by atoms with Gasteiger partial charge in [0.25, 0.3) is 0 Å². The first-order valence-corrected chi connectivity index (χ1v) is 8.12. The molecule has 1 unspecified atom stereocenters. The lowest BCUT2D eigenvalue weighted by Gasteiger charge is -2.14. The summed E-state index contributed by atoms with van der Waals surface area (Å²) in [7, 11) is -1.82. The fourth-order valence-corrected chi connectivity index (χ4v) is 3.57. The molecule has 0 bridgehead atoms. The van der Waals surface area contributed by atoms with E-state index in [-0.39, 0.29) is 10.9 Å². The summed E-state index contributed by atoms with van der Waals surface area (Å²) >= 11 is 0. The van der Waals surface area contributed by atoms with Crippen LogP contribution in [0.2, 0.25) is 0 Å². The molecule has 7 nitrogen and oxygen atoms in total. The molecule has 0 aromatic carbocycles. The number of sulfonamides is 1. The highest BCUT2D eigenvalue weighted by atomic mass is 32.2. The summed E-state index contributed by atoms with van der Waals surface area (Å²) in [4.78, 5) is 4.12. The largest absolute Gasteiger partial charge is 0.464 e. The van der Waals surface area contributed by atoms with Crippen LogP contribution in [0.4, 0.5) is 0 Å². The molecule has 0 aliphatic rings. The standard InChI is InChI=1S/C13H20N4O3S/c1-10(8-17-5-4-15-9-17)16-21(18,19)13-6-12(7-14-3)20-11(13)2/h4-6,9-10,14,16H,7-8H2,1-3H3. The fourth-order valence-electron chi connectivity index (χ4n) is 2.13. The number of nitrogens with zero attached hydrogens (tertiary/aromatic N) is 2. The van der Waals surface area contributed by atoms with E-state index in [1.54, 1.807) is 38.8 Å². The average molecular weight is 312 g/mol. The van der Waals surface area contributed by atoms with Crippen LogP contribution in [0, 0.1) is 6.92 Å². The van der Waals surface area contributed by atoms with Crippen molar-refractivity contribution in [2.24, 2.45) is 0 Å². The Morgan fingerprint density at radius 1 is 1.48 bits per heavy atom. The molecule has 116 valence electrons. The molecule has 21 heavy (non-hydrogen) atoms. The van der Waals surface area contributed by atoms with E-state index in [1.807, 2.05) is 11.5 Å². The van der Waals surface area contributed by atoms with Crippen LogP contribution in [0.15, 0.2) is 34.1 Å². The van der Waals surface area contributed by atoms with Crippen molar-refractivity contribution in [3.8, 4) is 0 Å². The summed E-state index contributed by atoms with van der Waals surface area (Å²) in [6.45, 7) is 4.45. The van der Waals surface area contributed by atoms with Gasteiger partial charge in [-0.2, -0.15) is 0 Å². The predicted molar refractivity (Wildman–Crippen MR) is 78.2 cm³/mol. The van der Waals surface area contributed by atoms with Gasteiger partial charge in [-0.05, 0) is 20.9 Å². The topological polar surface area (TPSA) is 89.2 Å². The zero-order chi connectivity index (χ0) is 15.5. The molecule has 2 aromatic rings. The maximum atomic E-state index is 12.4. The van der Waals surface area contributed by atoms with Crippen LogP contribution >= 0.6 is 0 Å². The van der Waals surface area contributed by atoms with E-state index in [1.165, 1.54) is 0 Å². The Morgan fingerprint density at radius 3 is 2.86 bits per heavy atom. The Morgan fingerprint density at radius 2 is 2.24 bits per heavy atom. The average Bonchev–Trinajstić information content (AvgIpc) is 2.99. The third-order valence-electron chi connectivity index (χ3n) is 2.96. The van der Waals surface area contributed by atoms with Crippen molar-refractivity contribution in [3.05, 3.63) is 36.3 Å². The molecule has 8 heteroatoms. The molecule has 2 rings (SSSR count). The number of rotatable bonds is 7. The molecule has 2 heterocycles. The predicted octanol–water partition coefficient (Wildman–Crippen LogP) is 0.871. The van der Waals surface area contributed by atoms with Gasteiger partial charge in [0.05, 0.1) is 12.9 Å². The third kappa shape index (κ3) is 3.93. The van der Waals surface area contributed by atoms with Crippen LogP contribution in [0.3, 0.4) is 0 Å². The van der Waals surface area contributed by atoms with Gasteiger partial charge in [0.1, 0.15) is 16.4 Å². The molecule has 0 amide bonds. The molecule has 0 fully saturated rings. The number of hydrogen-bond donors (Lipinski definition) is 2. The summed E-state index contributed by atoms with van der Waals surface area (Å²) in [6.07, 6.45) is 5.10. The van der Waals surface area contributed by atoms with Crippen molar-refractivity contribution in [2.75, 3.05) is 7.05 Å². The van der Waals surface area contributed by atoms with E-state index in [9.17, 15) is 8.42 Å². The van der Waals surface area contributed by atoms with E-state index in [0.29, 0.717) is 24.6 Å². The molecule has 2 aromatic heterocycles. The Hall–Kier alpha value is -1.64. The number of aryl methyl sites for hydroxylation is 1. The highest BCUT2D eigenvalue weighted by Crippen LogP contribution is 2.20. The highest BCUT2D eigenvalue weighted by molar-refractivity contribution is 7.89. The van der Waals surface area contributed by atoms with Crippen LogP contribution in [-0.2, 0) is 23.1 Å². The maximum Gasteiger partial charge on any atom is 0.244 e. The summed E-state index contributed by atoms with van der Waals surface area (Å²) in [6, 6.07) is 1.30. The molecule has 1 atom stereocenters. The van der Waals surface area contributed by atoms with E-state index < -0.39 is 10.0 Å². The van der Waals surface area contributed by atoms with Gasteiger partial charge in [-0.1, -0.05) is 0 Å². The van der Waals surface area contributed by atoms with Crippen LogP contribution in [-0.4, -0.2) is 31.1 Å². The van der Waals surface area contributed by atoms with Crippen molar-refractivity contribution >= 4 is 10.0 Å². The quantitative estimate of drug-likeness (QED) is 0.792. The maximum absolute atomic E-state index is 12.4. The van der Waals surface area contributed by atoms with Crippen molar-refractivity contribution in [2.45, 2.75) is 37.9 Å². The van der Waals surface area contributed by atoms with Gasteiger partial charge in [-0.3, -0.25) is 0 Å². The first kappa shape index (κ1) is 15.7. The Balaban J connectivity index is 2.10. The minimum atomic E-state index is -3.60. The number of imidazole rings is 1. The molecule has 0 spiro atoms. The summed E-state index contributed by atoms with van der Waals surface area (Å²) in [5.41, 5.74) is 0. The summed E-state index contributed by atoms with van der Waals surface area (Å²) in [5.74, 6) is 0.986. The fraction of sp³-hybridized carbons (Fsp3) is 0.462. The van der Waals surface area contributed by atoms with E-state index in [0.717, 1.165) is 0 Å². The molecular weight excluding hydrogens is 292 g/mol. The Bertz CT molecular complexity index is 676. The minimum absolute atomic E-state index is 0.185. The van der Waals surface area contributed by atoms with Crippen molar-refractivity contribution < 1.29 is 12.8 Å². The second kappa shape index (κ2) is 6.42. The van der Waals surface area contributed by atoms with E-state index >= 15 is 0 Å². The van der Waals surface area contributed by atoms with Crippen molar-refractivity contribution in [1.82, 2.24) is 19.6 Å². The molecule has 0 radical (unpaired) electrons. The highest BCUT2D eigenvalue weighted by Gasteiger charge is 2.23. The van der Waals surface area contributed by atoms with Crippen LogP contribution in [0.1, 0.15) is 18.4 Å². The van der Waals surface area contributed by atoms with E-state index in [2.05, 4.69) is 15.0 Å². The molecule has 2 N–H and O–H groups in total. The number of furan rings is 1. The zero-order valence-corrected chi connectivity index (χ0v) is 13.1. The molecular formula is C13H20N4O3S. The number of aromatic nitrogens is 2. The number of hydrogen-bond acceptors (Lipinski definition) is 5. The van der Waals surface area contributed by atoms with Crippen molar-refractivity contribution in [3.63, 3.8) is 0 Å². The van der Waals surface area contributed by atoms with Crippen LogP contribution < -0.4 is 10.0 Å². The smallest absolute Gasteiger partial charge is 0.244 e. The van der Waals surface area contributed by atoms with Gasteiger partial charge < -0.3 is 14.3 Å². The second-order valence-electron chi connectivity index (χ2n) is 4.95. The summed E-state index contributed by atoms with van der Waals surface area (Å²) in [5, 5.41) is 2.93. The first-order valence-electron chi connectivity index (χ1n) is 6.64. The van der Waals surface area contributed by atoms with Crippen molar-refractivity contribution in [1.29, 1.82) is 0 Å². The second-order valence-corrected chi connectivity index (χ2v) is 6.63. The van der Waals surface area contributed by atoms with Gasteiger partial charge in [-0.15, -0.1) is 0 Å². The van der Waals surface area contributed by atoms with Gasteiger partial charge in [0.2, 0.25) is 10.0 Å². The lowest BCUT2D eigenvalue weighted by molar-refractivity contribution is 0.465. The van der Waals surface area contributed by atoms with Gasteiger partial charge in [0.15, 0.2) is 0 Å². The first-order chi connectivity index (χ1) is 9.92. The minimum Gasteiger partial charge on any atom is -0.464 e. The van der Waals surface area contributed by atoms with Gasteiger partial charge >= 0.3 is 0 Å². The number of nitrogens with one attached hydrogen (secondary N) is 2. The SMILES string of the molecule is CNCc1cc(S(=O)(=O)NC(C)Cn2ccnc2)c(C)o1. The third-order valence-corrected chi connectivity index (χ3v) is 4.66. The molecule has 0 saturated heterocycles. The van der Waals surface area contributed by atoms with Crippen LogP contribution in [0.25, 0.3) is 0 Å². The normalized spacial score (nSPS) is 13.5. The zero-order valence-electron chi connectivity index (χ0n) is 12.3.